The van der Waals surface area contributed by atoms with E-state index in [9.17, 15) is 4.79 Å². The minimum absolute atomic E-state index is 0.0420. The average molecular weight is 309 g/mol. The number of rotatable bonds is 6. The highest BCUT2D eigenvalue weighted by atomic mass is 32.2. The van der Waals surface area contributed by atoms with Crippen LogP contribution in [0.5, 0.6) is 5.75 Å². The lowest BCUT2D eigenvalue weighted by atomic mass is 10.2. The van der Waals surface area contributed by atoms with E-state index >= 15 is 0 Å². The van der Waals surface area contributed by atoms with Gasteiger partial charge < -0.3 is 4.74 Å². The predicted molar refractivity (Wildman–Crippen MR) is 81.6 cm³/mol. The molecule has 0 unspecified atom stereocenters. The molecule has 1 N–H and O–H groups in total. The number of hydrogen-bond donors (Lipinski definition) is 1. The Bertz CT molecular complexity index is 569. The number of amides is 1. The minimum atomic E-state index is -0.242. The van der Waals surface area contributed by atoms with Crippen LogP contribution in [0.2, 0.25) is 0 Å². The first kappa shape index (κ1) is 14.8. The van der Waals surface area contributed by atoms with Crippen LogP contribution in [0.1, 0.15) is 12.5 Å². The molecule has 0 saturated heterocycles. The Labute approximate surface area is 125 Å². The molecule has 2 rings (SSSR count). The molecule has 0 radical (unpaired) electrons. The monoisotopic (exact) mass is 309 g/mol. The second-order valence-corrected chi connectivity index (χ2v) is 5.94. The van der Waals surface area contributed by atoms with Crippen molar-refractivity contribution in [1.29, 1.82) is 0 Å². The molecule has 1 aromatic carbocycles. The number of carbonyl (C=O) groups excluding carboxylic acids is 1. The molecule has 0 aliphatic rings. The van der Waals surface area contributed by atoms with Gasteiger partial charge in [-0.1, -0.05) is 42.2 Å². The summed E-state index contributed by atoms with van der Waals surface area (Å²) in [4.78, 5) is 11.7. The number of aryl methyl sites for hydroxylation is 1. The van der Waals surface area contributed by atoms with Crippen LogP contribution in [0.4, 0.5) is 5.13 Å². The number of nitrogens with one attached hydrogen (secondary N) is 1. The Kier molecular flexibility index (Phi) is 5.37. The van der Waals surface area contributed by atoms with E-state index in [1.165, 1.54) is 28.7 Å². The molecule has 0 bridgehead atoms. The van der Waals surface area contributed by atoms with Crippen LogP contribution < -0.4 is 10.1 Å². The molecule has 5 nitrogen and oxygen atoms in total. The van der Waals surface area contributed by atoms with Crippen molar-refractivity contribution in [2.75, 3.05) is 18.2 Å². The first-order valence-corrected chi connectivity index (χ1v) is 8.14. The second-order valence-electron chi connectivity index (χ2n) is 3.91. The number of anilines is 1. The fraction of sp³-hybridized carbons (Fsp3) is 0.308. The zero-order valence-electron chi connectivity index (χ0n) is 11.3. The largest absolute Gasteiger partial charge is 0.484 e. The van der Waals surface area contributed by atoms with Crippen molar-refractivity contribution in [2.45, 2.75) is 17.7 Å². The third-order valence-corrected chi connectivity index (χ3v) is 4.34. The van der Waals surface area contributed by atoms with Crippen LogP contribution in [0.3, 0.4) is 0 Å². The quantitative estimate of drug-likeness (QED) is 0.656. The van der Waals surface area contributed by atoms with Crippen molar-refractivity contribution in [3.05, 3.63) is 29.8 Å². The van der Waals surface area contributed by atoms with Gasteiger partial charge in [0.1, 0.15) is 5.75 Å². The van der Waals surface area contributed by atoms with E-state index in [1.807, 2.05) is 30.5 Å². The highest BCUT2D eigenvalue weighted by Crippen LogP contribution is 2.22. The van der Waals surface area contributed by atoms with Crippen LogP contribution in [0, 0.1) is 0 Å². The predicted octanol–water partition coefficient (Wildman–Crippen LogP) is 2.84. The lowest BCUT2D eigenvalue weighted by molar-refractivity contribution is -0.118. The van der Waals surface area contributed by atoms with Gasteiger partial charge in [0.15, 0.2) is 10.9 Å². The van der Waals surface area contributed by atoms with Gasteiger partial charge in [-0.3, -0.25) is 10.1 Å². The van der Waals surface area contributed by atoms with Gasteiger partial charge in [0.25, 0.3) is 5.91 Å². The molecule has 2 aromatic rings. The minimum Gasteiger partial charge on any atom is -0.484 e. The van der Waals surface area contributed by atoms with E-state index in [0.717, 1.165) is 10.8 Å². The summed E-state index contributed by atoms with van der Waals surface area (Å²) < 4.78 is 6.23. The van der Waals surface area contributed by atoms with Gasteiger partial charge in [-0.2, -0.15) is 0 Å². The number of thioether (sulfide) groups is 1. The maximum absolute atomic E-state index is 11.7. The normalized spacial score (nSPS) is 10.3. The SMILES string of the molecule is CCc1ccc(OCC(=O)Nc2nnc(SC)s2)cc1. The Morgan fingerprint density at radius 2 is 2.10 bits per heavy atom. The zero-order valence-corrected chi connectivity index (χ0v) is 12.9. The molecule has 0 spiro atoms. The molecule has 106 valence electrons. The third-order valence-electron chi connectivity index (χ3n) is 2.53. The number of hydrogen-bond acceptors (Lipinski definition) is 6. The Hall–Kier alpha value is -1.60. The van der Waals surface area contributed by atoms with Gasteiger partial charge in [0.2, 0.25) is 5.13 Å². The van der Waals surface area contributed by atoms with Crippen LogP contribution in [-0.4, -0.2) is 29.0 Å². The highest BCUT2D eigenvalue weighted by molar-refractivity contribution is 8.00. The zero-order chi connectivity index (χ0) is 14.4. The molecule has 1 heterocycles. The number of aromatic nitrogens is 2. The van der Waals surface area contributed by atoms with E-state index < -0.39 is 0 Å². The van der Waals surface area contributed by atoms with Crippen molar-refractivity contribution in [3.8, 4) is 5.75 Å². The van der Waals surface area contributed by atoms with Crippen molar-refractivity contribution in [3.63, 3.8) is 0 Å². The fourth-order valence-electron chi connectivity index (χ4n) is 1.47. The van der Waals surface area contributed by atoms with Gasteiger partial charge in [0.05, 0.1) is 0 Å². The number of carbonyl (C=O) groups is 1. The molecular weight excluding hydrogens is 294 g/mol. The van der Waals surface area contributed by atoms with Crippen molar-refractivity contribution < 1.29 is 9.53 Å². The molecular formula is C13H15N3O2S2. The fourth-order valence-corrected chi connectivity index (χ4v) is 2.65. The van der Waals surface area contributed by atoms with E-state index in [-0.39, 0.29) is 12.5 Å². The summed E-state index contributed by atoms with van der Waals surface area (Å²) in [6, 6.07) is 7.71. The molecule has 0 saturated carbocycles. The van der Waals surface area contributed by atoms with E-state index in [2.05, 4.69) is 22.4 Å². The number of nitrogens with zero attached hydrogens (tertiary/aromatic N) is 2. The van der Waals surface area contributed by atoms with Crippen molar-refractivity contribution in [2.24, 2.45) is 0 Å². The molecule has 1 amide bonds. The molecule has 0 atom stereocenters. The van der Waals surface area contributed by atoms with Crippen LogP contribution in [0.15, 0.2) is 28.6 Å². The number of ether oxygens (including phenoxy) is 1. The first-order chi connectivity index (χ1) is 9.71. The van der Waals surface area contributed by atoms with E-state index in [1.54, 1.807) is 0 Å². The van der Waals surface area contributed by atoms with Gasteiger partial charge >= 0.3 is 0 Å². The molecule has 7 heteroatoms. The van der Waals surface area contributed by atoms with Crippen molar-refractivity contribution >= 4 is 34.1 Å². The Morgan fingerprint density at radius 3 is 2.70 bits per heavy atom. The van der Waals surface area contributed by atoms with Gasteiger partial charge in [0, 0.05) is 0 Å². The molecule has 0 fully saturated rings. The summed E-state index contributed by atoms with van der Waals surface area (Å²) in [5, 5.41) is 10.9. The van der Waals surface area contributed by atoms with Gasteiger partial charge in [-0.05, 0) is 30.4 Å². The topological polar surface area (TPSA) is 64.1 Å². The summed E-state index contributed by atoms with van der Waals surface area (Å²) in [6.07, 6.45) is 2.89. The molecule has 20 heavy (non-hydrogen) atoms. The lowest BCUT2D eigenvalue weighted by Gasteiger charge is -2.06. The summed E-state index contributed by atoms with van der Waals surface area (Å²) in [6.45, 7) is 2.05. The van der Waals surface area contributed by atoms with Gasteiger partial charge in [-0.15, -0.1) is 10.2 Å². The third kappa shape index (κ3) is 4.21. The van der Waals surface area contributed by atoms with Crippen molar-refractivity contribution in [1.82, 2.24) is 10.2 Å². The maximum atomic E-state index is 11.7. The summed E-state index contributed by atoms with van der Waals surface area (Å²) in [7, 11) is 0. The van der Waals surface area contributed by atoms with Crippen LogP contribution >= 0.6 is 23.1 Å². The van der Waals surface area contributed by atoms with E-state index in [0.29, 0.717) is 10.9 Å². The highest BCUT2D eigenvalue weighted by Gasteiger charge is 2.08. The van der Waals surface area contributed by atoms with Crippen LogP contribution in [-0.2, 0) is 11.2 Å². The molecule has 0 aliphatic heterocycles. The summed E-state index contributed by atoms with van der Waals surface area (Å²) in [5.41, 5.74) is 1.24. The average Bonchev–Trinajstić information content (AvgIpc) is 2.93. The maximum Gasteiger partial charge on any atom is 0.264 e. The van der Waals surface area contributed by atoms with E-state index in [4.69, 9.17) is 4.74 Å². The van der Waals surface area contributed by atoms with Gasteiger partial charge in [-0.25, -0.2) is 0 Å². The Balaban J connectivity index is 1.82. The first-order valence-electron chi connectivity index (χ1n) is 6.10. The van der Waals surface area contributed by atoms with Crippen LogP contribution in [0.25, 0.3) is 0 Å². The smallest absolute Gasteiger partial charge is 0.264 e. The summed E-state index contributed by atoms with van der Waals surface area (Å²) >= 11 is 2.83. The molecule has 0 aliphatic carbocycles. The second kappa shape index (κ2) is 7.25. The standard InChI is InChI=1S/C13H15N3O2S2/c1-3-9-4-6-10(7-5-9)18-8-11(17)14-12-15-16-13(19-2)20-12/h4-7H,3,8H2,1-2H3,(H,14,15,17). The Morgan fingerprint density at radius 1 is 1.35 bits per heavy atom. The lowest BCUT2D eigenvalue weighted by Crippen LogP contribution is -2.20. The number of benzene rings is 1. The molecule has 1 aromatic heterocycles. The summed E-state index contributed by atoms with van der Waals surface area (Å²) in [5.74, 6) is 0.438.